The van der Waals surface area contributed by atoms with Crippen molar-refractivity contribution in [3.05, 3.63) is 88.7 Å². The van der Waals surface area contributed by atoms with Crippen molar-refractivity contribution >= 4 is 12.1 Å². The molecule has 0 radical (unpaired) electrons. The zero-order chi connectivity index (χ0) is 29.6. The van der Waals surface area contributed by atoms with E-state index in [1.807, 2.05) is 12.1 Å². The fourth-order valence-corrected chi connectivity index (χ4v) is 5.41. The van der Waals surface area contributed by atoms with Crippen LogP contribution >= 0.6 is 0 Å². The summed E-state index contributed by atoms with van der Waals surface area (Å²) in [5.74, 6) is -0.403. The van der Waals surface area contributed by atoms with Crippen LogP contribution in [-0.2, 0) is 22.6 Å². The molecule has 1 unspecified atom stereocenters. The van der Waals surface area contributed by atoms with Gasteiger partial charge in [0, 0.05) is 16.7 Å². The van der Waals surface area contributed by atoms with Crippen LogP contribution in [0, 0.1) is 5.82 Å². The van der Waals surface area contributed by atoms with Gasteiger partial charge in [0.25, 0.3) is 0 Å². The fraction of sp³-hybridized carbons (Fsp3) is 0.412. The Labute approximate surface area is 241 Å². The minimum atomic E-state index is -0.923. The number of rotatable bonds is 9. The minimum absolute atomic E-state index is 0.128. The van der Waals surface area contributed by atoms with Gasteiger partial charge in [-0.2, -0.15) is 0 Å². The van der Waals surface area contributed by atoms with Crippen LogP contribution in [0.25, 0.3) is 11.1 Å². The SMILES string of the molecule is CC(NC(=O)OC(C)(C)C)c1cccc(-c2cc(COc3ccccc3CC(=O)O)cc(C3CCCCC3)c2)c1F. The summed E-state index contributed by atoms with van der Waals surface area (Å²) < 4.78 is 27.5. The number of alkyl carbamates (subject to hydrolysis) is 1. The number of carboxylic acids is 1. The van der Waals surface area contributed by atoms with Gasteiger partial charge in [0.1, 0.15) is 23.8 Å². The number of aliphatic carboxylic acids is 1. The maximum Gasteiger partial charge on any atom is 0.408 e. The van der Waals surface area contributed by atoms with Crippen molar-refractivity contribution < 1.29 is 28.6 Å². The quantitative estimate of drug-likeness (QED) is 0.274. The Kier molecular flexibility index (Phi) is 9.69. The van der Waals surface area contributed by atoms with Crippen molar-refractivity contribution in [1.82, 2.24) is 5.32 Å². The highest BCUT2D eigenvalue weighted by Crippen LogP contribution is 2.37. The maximum atomic E-state index is 16.0. The van der Waals surface area contributed by atoms with E-state index in [4.69, 9.17) is 9.47 Å². The molecule has 1 amide bonds. The highest BCUT2D eigenvalue weighted by atomic mass is 19.1. The van der Waals surface area contributed by atoms with Crippen molar-refractivity contribution in [2.24, 2.45) is 0 Å². The van der Waals surface area contributed by atoms with Gasteiger partial charge in [0.2, 0.25) is 0 Å². The first-order chi connectivity index (χ1) is 19.5. The molecule has 1 atom stereocenters. The van der Waals surface area contributed by atoms with Crippen molar-refractivity contribution in [3.63, 3.8) is 0 Å². The second-order valence-electron chi connectivity index (χ2n) is 11.8. The molecule has 1 aliphatic carbocycles. The van der Waals surface area contributed by atoms with E-state index in [9.17, 15) is 14.7 Å². The Balaban J connectivity index is 1.65. The monoisotopic (exact) mass is 561 g/mol. The highest BCUT2D eigenvalue weighted by molar-refractivity contribution is 5.71. The highest BCUT2D eigenvalue weighted by Gasteiger charge is 2.23. The van der Waals surface area contributed by atoms with Gasteiger partial charge in [0.15, 0.2) is 0 Å². The molecule has 0 spiro atoms. The van der Waals surface area contributed by atoms with Gasteiger partial charge in [-0.05, 0) is 75.3 Å². The van der Waals surface area contributed by atoms with Gasteiger partial charge in [0.05, 0.1) is 12.5 Å². The predicted octanol–water partition coefficient (Wildman–Crippen LogP) is 8.33. The molecule has 7 heteroatoms. The average molecular weight is 562 g/mol. The predicted molar refractivity (Wildman–Crippen MR) is 158 cm³/mol. The van der Waals surface area contributed by atoms with Crippen molar-refractivity contribution in [2.75, 3.05) is 0 Å². The third kappa shape index (κ3) is 8.32. The number of amides is 1. The van der Waals surface area contributed by atoms with E-state index >= 15 is 4.39 Å². The number of halogens is 1. The van der Waals surface area contributed by atoms with E-state index in [1.54, 1.807) is 64.1 Å². The number of para-hydroxylation sites is 1. The van der Waals surface area contributed by atoms with Gasteiger partial charge < -0.3 is 19.9 Å². The molecular formula is C34H40FNO5. The standard InChI is InChI=1S/C34H40FNO5/c1-22(36-33(39)41-34(2,3)4)28-14-10-15-29(32(28)35)27-18-23(17-26(19-27)24-11-6-5-7-12-24)21-40-30-16-9-8-13-25(30)20-31(37)38/h8-10,13-19,22,24H,5-7,11-12,20-21H2,1-4H3,(H,36,39)(H,37,38). The lowest BCUT2D eigenvalue weighted by Crippen LogP contribution is -2.34. The molecule has 0 heterocycles. The van der Waals surface area contributed by atoms with Crippen LogP contribution in [0.3, 0.4) is 0 Å². The number of benzene rings is 3. The zero-order valence-electron chi connectivity index (χ0n) is 24.3. The molecule has 6 nitrogen and oxygen atoms in total. The third-order valence-corrected chi connectivity index (χ3v) is 7.34. The normalized spacial score (nSPS) is 14.8. The Morgan fingerprint density at radius 2 is 1.76 bits per heavy atom. The van der Waals surface area contributed by atoms with E-state index in [2.05, 4.69) is 17.4 Å². The molecule has 0 saturated heterocycles. The van der Waals surface area contributed by atoms with Crippen LogP contribution < -0.4 is 10.1 Å². The Morgan fingerprint density at radius 3 is 2.46 bits per heavy atom. The number of nitrogens with one attached hydrogen (secondary N) is 1. The molecule has 1 fully saturated rings. The van der Waals surface area contributed by atoms with Crippen LogP contribution in [0.5, 0.6) is 5.75 Å². The number of hydrogen-bond donors (Lipinski definition) is 2. The first-order valence-electron chi connectivity index (χ1n) is 14.3. The second kappa shape index (κ2) is 13.2. The Bertz CT molecular complexity index is 1370. The van der Waals surface area contributed by atoms with Crippen LogP contribution in [0.15, 0.2) is 60.7 Å². The van der Waals surface area contributed by atoms with Gasteiger partial charge in [-0.1, -0.05) is 67.8 Å². The summed E-state index contributed by atoms with van der Waals surface area (Å²) in [5.41, 5.74) is 3.56. The van der Waals surface area contributed by atoms with Crippen LogP contribution in [0.4, 0.5) is 9.18 Å². The van der Waals surface area contributed by atoms with Gasteiger partial charge in [-0.25, -0.2) is 9.18 Å². The fourth-order valence-electron chi connectivity index (χ4n) is 5.41. The molecule has 2 N–H and O–H groups in total. The lowest BCUT2D eigenvalue weighted by atomic mass is 9.82. The molecule has 1 aliphatic rings. The topological polar surface area (TPSA) is 84.9 Å². The summed E-state index contributed by atoms with van der Waals surface area (Å²) in [4.78, 5) is 23.7. The first kappa shape index (κ1) is 30.1. The summed E-state index contributed by atoms with van der Waals surface area (Å²) in [6, 6.07) is 17.9. The second-order valence-corrected chi connectivity index (χ2v) is 11.8. The molecule has 0 aliphatic heterocycles. The summed E-state index contributed by atoms with van der Waals surface area (Å²) in [6.45, 7) is 7.30. The molecule has 3 aromatic carbocycles. The first-order valence-corrected chi connectivity index (χ1v) is 14.3. The van der Waals surface area contributed by atoms with Crippen LogP contribution in [0.1, 0.15) is 94.0 Å². The van der Waals surface area contributed by atoms with Gasteiger partial charge in [-0.15, -0.1) is 0 Å². The lowest BCUT2D eigenvalue weighted by molar-refractivity contribution is -0.136. The summed E-state index contributed by atoms with van der Waals surface area (Å²) in [6.07, 6.45) is 5.01. The van der Waals surface area contributed by atoms with E-state index in [0.717, 1.165) is 29.5 Å². The van der Waals surface area contributed by atoms with E-state index in [0.29, 0.717) is 28.4 Å². The van der Waals surface area contributed by atoms with Crippen molar-refractivity contribution in [2.45, 2.75) is 90.4 Å². The average Bonchev–Trinajstić information content (AvgIpc) is 2.91. The van der Waals surface area contributed by atoms with Gasteiger partial charge in [-0.3, -0.25) is 4.79 Å². The number of carboxylic acid groups (broad SMARTS) is 1. The largest absolute Gasteiger partial charge is 0.489 e. The number of hydrogen-bond acceptors (Lipinski definition) is 4. The molecule has 1 saturated carbocycles. The number of carbonyl (C=O) groups is 2. The van der Waals surface area contributed by atoms with E-state index in [-0.39, 0.29) is 13.0 Å². The number of carbonyl (C=O) groups excluding carboxylic acids is 1. The smallest absolute Gasteiger partial charge is 0.408 e. The van der Waals surface area contributed by atoms with Crippen LogP contribution in [0.2, 0.25) is 0 Å². The van der Waals surface area contributed by atoms with E-state index in [1.165, 1.54) is 19.3 Å². The number of ether oxygens (including phenoxy) is 2. The third-order valence-electron chi connectivity index (χ3n) is 7.34. The maximum absolute atomic E-state index is 16.0. The Morgan fingerprint density at radius 1 is 1.02 bits per heavy atom. The summed E-state index contributed by atoms with van der Waals surface area (Å²) in [5, 5.41) is 12.0. The zero-order valence-corrected chi connectivity index (χ0v) is 24.3. The molecule has 0 bridgehead atoms. The molecule has 218 valence electrons. The lowest BCUT2D eigenvalue weighted by Gasteiger charge is -2.24. The van der Waals surface area contributed by atoms with Gasteiger partial charge >= 0.3 is 12.1 Å². The summed E-state index contributed by atoms with van der Waals surface area (Å²) in [7, 11) is 0. The molecule has 0 aromatic heterocycles. The minimum Gasteiger partial charge on any atom is -0.489 e. The molecule has 41 heavy (non-hydrogen) atoms. The molecule has 3 aromatic rings. The Hall–Kier alpha value is -3.87. The van der Waals surface area contributed by atoms with Crippen molar-refractivity contribution in [3.8, 4) is 16.9 Å². The van der Waals surface area contributed by atoms with Crippen LogP contribution in [-0.4, -0.2) is 22.8 Å². The molecular weight excluding hydrogens is 521 g/mol. The van der Waals surface area contributed by atoms with E-state index < -0.39 is 29.5 Å². The molecule has 4 rings (SSSR count). The summed E-state index contributed by atoms with van der Waals surface area (Å²) >= 11 is 0. The van der Waals surface area contributed by atoms with Crippen molar-refractivity contribution in [1.29, 1.82) is 0 Å².